The molecule has 4 nitrogen and oxygen atoms in total. The first-order valence-electron chi connectivity index (χ1n) is 5.94. The number of hydrogen-bond acceptors (Lipinski definition) is 2. The van der Waals surface area contributed by atoms with Gasteiger partial charge in [-0.15, -0.1) is 0 Å². The van der Waals surface area contributed by atoms with Crippen molar-refractivity contribution in [2.24, 2.45) is 0 Å². The number of rotatable bonds is 2. The number of carbonyl (C=O) groups excluding carboxylic acids is 2. The monoisotopic (exact) mass is 250 g/mol. The molecule has 0 atom stereocenters. The highest BCUT2D eigenvalue weighted by Gasteiger charge is 2.22. The fraction of sp³-hybridized carbons (Fsp3) is 0.385. The van der Waals surface area contributed by atoms with E-state index in [2.05, 4.69) is 5.32 Å². The summed E-state index contributed by atoms with van der Waals surface area (Å²) in [5.41, 5.74) is 0.420. The minimum absolute atomic E-state index is 0.0611. The molecular weight excluding hydrogens is 235 g/mol. The number of likely N-dealkylation sites (tertiary alicyclic amines) is 1. The van der Waals surface area contributed by atoms with Crippen LogP contribution in [0.25, 0.3) is 0 Å². The lowest BCUT2D eigenvalue weighted by atomic mass is 10.1. The number of benzene rings is 1. The number of carbonyl (C=O) groups is 2. The maximum Gasteiger partial charge on any atom is 0.256 e. The van der Waals surface area contributed by atoms with Gasteiger partial charge in [0.05, 0.1) is 5.56 Å². The van der Waals surface area contributed by atoms with Crippen molar-refractivity contribution in [2.75, 3.05) is 18.4 Å². The van der Waals surface area contributed by atoms with Crippen molar-refractivity contribution in [2.45, 2.75) is 19.8 Å². The van der Waals surface area contributed by atoms with Crippen LogP contribution in [0.15, 0.2) is 18.2 Å². The largest absolute Gasteiger partial charge is 0.339 e. The van der Waals surface area contributed by atoms with Crippen LogP contribution in [0.3, 0.4) is 0 Å². The van der Waals surface area contributed by atoms with E-state index in [1.165, 1.54) is 25.1 Å². The van der Waals surface area contributed by atoms with Crippen LogP contribution < -0.4 is 5.32 Å². The van der Waals surface area contributed by atoms with Crippen molar-refractivity contribution >= 4 is 17.5 Å². The van der Waals surface area contributed by atoms with Gasteiger partial charge < -0.3 is 10.2 Å². The molecule has 0 bridgehead atoms. The van der Waals surface area contributed by atoms with Crippen molar-refractivity contribution in [3.8, 4) is 0 Å². The van der Waals surface area contributed by atoms with Gasteiger partial charge in [0.1, 0.15) is 5.82 Å². The number of amides is 2. The first-order valence-corrected chi connectivity index (χ1v) is 5.94. The lowest BCUT2D eigenvalue weighted by molar-refractivity contribution is -0.114. The van der Waals surface area contributed by atoms with Crippen molar-refractivity contribution in [3.05, 3.63) is 29.6 Å². The number of nitrogens with one attached hydrogen (secondary N) is 1. The van der Waals surface area contributed by atoms with Gasteiger partial charge in [0.2, 0.25) is 5.91 Å². The second kappa shape index (κ2) is 5.16. The summed E-state index contributed by atoms with van der Waals surface area (Å²) in [6, 6.07) is 4.12. The molecular formula is C13H15FN2O2. The Morgan fingerprint density at radius 1 is 1.28 bits per heavy atom. The second-order valence-electron chi connectivity index (χ2n) is 4.38. The van der Waals surface area contributed by atoms with Crippen LogP contribution in [0, 0.1) is 5.82 Å². The highest BCUT2D eigenvalue weighted by molar-refractivity contribution is 5.96. The number of halogens is 1. The van der Waals surface area contributed by atoms with Gasteiger partial charge in [-0.2, -0.15) is 0 Å². The van der Waals surface area contributed by atoms with Gasteiger partial charge in [0.15, 0.2) is 0 Å². The summed E-state index contributed by atoms with van der Waals surface area (Å²) >= 11 is 0. The van der Waals surface area contributed by atoms with Crippen LogP contribution in [-0.2, 0) is 4.79 Å². The van der Waals surface area contributed by atoms with E-state index in [0.717, 1.165) is 12.8 Å². The lowest BCUT2D eigenvalue weighted by Crippen LogP contribution is -2.28. The molecule has 0 aromatic heterocycles. The van der Waals surface area contributed by atoms with Crippen LogP contribution >= 0.6 is 0 Å². The van der Waals surface area contributed by atoms with E-state index in [1.54, 1.807) is 4.90 Å². The quantitative estimate of drug-likeness (QED) is 0.873. The molecule has 1 saturated heterocycles. The molecule has 2 amide bonds. The average Bonchev–Trinajstić information content (AvgIpc) is 2.80. The van der Waals surface area contributed by atoms with E-state index in [1.807, 2.05) is 0 Å². The lowest BCUT2D eigenvalue weighted by Gasteiger charge is -2.16. The van der Waals surface area contributed by atoms with Gasteiger partial charge in [-0.05, 0) is 31.0 Å². The maximum atomic E-state index is 13.8. The van der Waals surface area contributed by atoms with Gasteiger partial charge in [0, 0.05) is 25.7 Å². The molecule has 2 rings (SSSR count). The van der Waals surface area contributed by atoms with Crippen LogP contribution in [0.5, 0.6) is 0 Å². The van der Waals surface area contributed by atoms with E-state index in [-0.39, 0.29) is 17.4 Å². The van der Waals surface area contributed by atoms with Gasteiger partial charge in [0.25, 0.3) is 5.91 Å². The standard InChI is InChI=1S/C13H15FN2O2/c1-9(17)15-10-4-5-11(12(14)8-10)13(18)16-6-2-3-7-16/h4-5,8H,2-3,6-7H2,1H3,(H,15,17). The van der Waals surface area contributed by atoms with E-state index >= 15 is 0 Å². The predicted molar refractivity (Wildman–Crippen MR) is 65.8 cm³/mol. The van der Waals surface area contributed by atoms with Crippen LogP contribution in [0.2, 0.25) is 0 Å². The third-order valence-corrected chi connectivity index (χ3v) is 2.91. The van der Waals surface area contributed by atoms with Crippen molar-refractivity contribution in [1.82, 2.24) is 4.90 Å². The molecule has 1 aliphatic heterocycles. The van der Waals surface area contributed by atoms with Gasteiger partial charge in [-0.25, -0.2) is 4.39 Å². The molecule has 0 saturated carbocycles. The molecule has 96 valence electrons. The third kappa shape index (κ3) is 2.67. The maximum absolute atomic E-state index is 13.8. The summed E-state index contributed by atoms with van der Waals surface area (Å²) in [7, 11) is 0. The molecule has 1 aromatic carbocycles. The molecule has 0 radical (unpaired) electrons. The number of anilines is 1. The second-order valence-corrected chi connectivity index (χ2v) is 4.38. The Morgan fingerprint density at radius 2 is 1.94 bits per heavy atom. The highest BCUT2D eigenvalue weighted by Crippen LogP contribution is 2.18. The van der Waals surface area contributed by atoms with Crippen molar-refractivity contribution < 1.29 is 14.0 Å². The fourth-order valence-corrected chi connectivity index (χ4v) is 2.06. The molecule has 1 N–H and O–H groups in total. The first-order chi connectivity index (χ1) is 8.58. The summed E-state index contributed by atoms with van der Waals surface area (Å²) in [6.45, 7) is 2.72. The molecule has 0 aliphatic carbocycles. The first kappa shape index (κ1) is 12.5. The fourth-order valence-electron chi connectivity index (χ4n) is 2.06. The molecule has 0 spiro atoms. The topological polar surface area (TPSA) is 49.4 Å². The zero-order valence-corrected chi connectivity index (χ0v) is 10.2. The SMILES string of the molecule is CC(=O)Nc1ccc(C(=O)N2CCCC2)c(F)c1. The summed E-state index contributed by atoms with van der Waals surface area (Å²) in [5.74, 6) is -1.15. The van der Waals surface area contributed by atoms with E-state index < -0.39 is 5.82 Å². The zero-order valence-electron chi connectivity index (χ0n) is 10.2. The summed E-state index contributed by atoms with van der Waals surface area (Å²) < 4.78 is 13.8. The van der Waals surface area contributed by atoms with Crippen LogP contribution in [0.1, 0.15) is 30.1 Å². The Balaban J connectivity index is 2.18. The van der Waals surface area contributed by atoms with Gasteiger partial charge in [-0.1, -0.05) is 0 Å². The molecule has 1 fully saturated rings. The Bertz CT molecular complexity index is 482. The highest BCUT2D eigenvalue weighted by atomic mass is 19.1. The Morgan fingerprint density at radius 3 is 2.50 bits per heavy atom. The van der Waals surface area contributed by atoms with E-state index in [0.29, 0.717) is 18.8 Å². The molecule has 1 aromatic rings. The molecule has 1 aliphatic rings. The molecule has 5 heteroatoms. The number of hydrogen-bond donors (Lipinski definition) is 1. The molecule has 0 unspecified atom stereocenters. The molecule has 1 heterocycles. The Kier molecular flexibility index (Phi) is 3.60. The summed E-state index contributed by atoms with van der Waals surface area (Å²) in [4.78, 5) is 24.5. The minimum atomic E-state index is -0.599. The average molecular weight is 250 g/mol. The van der Waals surface area contributed by atoms with Crippen molar-refractivity contribution in [3.63, 3.8) is 0 Å². The minimum Gasteiger partial charge on any atom is -0.339 e. The predicted octanol–water partition coefficient (Wildman–Crippen LogP) is 2.02. The summed E-state index contributed by atoms with van der Waals surface area (Å²) in [5, 5.41) is 2.48. The summed E-state index contributed by atoms with van der Waals surface area (Å²) in [6.07, 6.45) is 1.94. The Hall–Kier alpha value is -1.91. The third-order valence-electron chi connectivity index (χ3n) is 2.91. The normalized spacial score (nSPS) is 14.7. The van der Waals surface area contributed by atoms with Crippen LogP contribution in [-0.4, -0.2) is 29.8 Å². The van der Waals surface area contributed by atoms with Crippen LogP contribution in [0.4, 0.5) is 10.1 Å². The van der Waals surface area contributed by atoms with Gasteiger partial charge >= 0.3 is 0 Å². The van der Waals surface area contributed by atoms with Crippen molar-refractivity contribution in [1.29, 1.82) is 0 Å². The number of nitrogens with zero attached hydrogens (tertiary/aromatic N) is 1. The molecule has 18 heavy (non-hydrogen) atoms. The van der Waals surface area contributed by atoms with E-state index in [9.17, 15) is 14.0 Å². The zero-order chi connectivity index (χ0) is 13.1. The Labute approximate surface area is 105 Å². The van der Waals surface area contributed by atoms with Gasteiger partial charge in [-0.3, -0.25) is 9.59 Å². The smallest absolute Gasteiger partial charge is 0.256 e. The van der Waals surface area contributed by atoms with E-state index in [4.69, 9.17) is 0 Å².